The predicted octanol–water partition coefficient (Wildman–Crippen LogP) is 16.5. The van der Waals surface area contributed by atoms with Gasteiger partial charge in [-0.3, -0.25) is 4.98 Å². The molecule has 4 heteroatoms. The number of hydrogen-bond acceptors (Lipinski definition) is 1. The van der Waals surface area contributed by atoms with Gasteiger partial charge in [0.05, 0.1) is 22.2 Å². The lowest BCUT2D eigenvalue weighted by atomic mass is 9.34. The van der Waals surface area contributed by atoms with Crippen LogP contribution < -0.4 is 16.4 Å². The standard InChI is InChI=1S/C71H38BN3/c1-4-22-46-40(16-1)43-19-7-10-25-49(43)63-52(46)33-34-60-66(63)67-64-50-26-11-8-20-44(50)42-18-3-6-24-48(42)55(64)38-58-71(67)74(60)61-29-15-30-62-68(61)72(58)57-37-39(59-28-13-14-35-73-59)36-56-54-32-31-53-47-23-5-2-17-41(47)45-21-9-12-27-51(45)65(53)70(54)75(62)69(56)57/h1-38H. The Labute approximate surface area is 428 Å². The molecule has 340 valence electrons. The Morgan fingerprint density at radius 2 is 0.733 bits per heavy atom. The van der Waals surface area contributed by atoms with E-state index < -0.39 is 0 Å². The van der Waals surface area contributed by atoms with Gasteiger partial charge in [0.25, 0.3) is 6.71 Å². The van der Waals surface area contributed by atoms with Crippen LogP contribution in [0.5, 0.6) is 0 Å². The number of aromatic nitrogens is 3. The highest BCUT2D eigenvalue weighted by Gasteiger charge is 2.42. The molecule has 0 bridgehead atoms. The van der Waals surface area contributed by atoms with Crippen molar-refractivity contribution in [2.45, 2.75) is 0 Å². The first-order valence-corrected chi connectivity index (χ1v) is 26.2. The SMILES string of the molecule is c1ccc(-c2cc3c4c(c2)c2ccc5c6ccccc6c6ccccc6c5c2n4-c2cccc4c2B3c2cc3c5ccccc5c5ccccc5c3c3c5c6c7ccccc7c7ccccc7c6ccc5n-4c23)nc1. The molecule has 0 aliphatic carbocycles. The molecular weight excluding hydrogens is 906 g/mol. The van der Waals surface area contributed by atoms with Crippen molar-refractivity contribution < 1.29 is 0 Å². The molecule has 2 aliphatic rings. The first kappa shape index (κ1) is 38.9. The Morgan fingerprint density at radius 3 is 1.32 bits per heavy atom. The predicted molar refractivity (Wildman–Crippen MR) is 321 cm³/mol. The van der Waals surface area contributed by atoms with Crippen LogP contribution in [0.3, 0.4) is 0 Å². The molecule has 2 aliphatic heterocycles. The molecule has 19 rings (SSSR count). The summed E-state index contributed by atoms with van der Waals surface area (Å²) in [7, 11) is 0. The first-order valence-electron chi connectivity index (χ1n) is 26.2. The molecule has 0 N–H and O–H groups in total. The van der Waals surface area contributed by atoms with Crippen LogP contribution in [-0.4, -0.2) is 20.8 Å². The van der Waals surface area contributed by atoms with Gasteiger partial charge in [-0.1, -0.05) is 188 Å². The quantitative estimate of drug-likeness (QED) is 0.119. The summed E-state index contributed by atoms with van der Waals surface area (Å²) in [6, 6.07) is 85.2. The van der Waals surface area contributed by atoms with Crippen LogP contribution >= 0.6 is 0 Å². The fourth-order valence-corrected chi connectivity index (χ4v) is 15.1. The highest BCUT2D eigenvalue weighted by atomic mass is 15.0. The Bertz CT molecular complexity index is 5480. The third-order valence-corrected chi connectivity index (χ3v) is 17.8. The van der Waals surface area contributed by atoms with Gasteiger partial charge in [-0.05, 0) is 134 Å². The third kappa shape index (κ3) is 4.61. The lowest BCUT2D eigenvalue weighted by Gasteiger charge is -2.34. The average molecular weight is 944 g/mol. The molecule has 0 saturated heterocycles. The van der Waals surface area contributed by atoms with E-state index in [0.29, 0.717) is 0 Å². The van der Waals surface area contributed by atoms with Crippen LogP contribution in [0.2, 0.25) is 0 Å². The zero-order valence-corrected chi connectivity index (χ0v) is 40.4. The van der Waals surface area contributed by atoms with Crippen molar-refractivity contribution in [1.29, 1.82) is 0 Å². The smallest absolute Gasteiger partial charge is 0.252 e. The molecule has 0 saturated carbocycles. The van der Waals surface area contributed by atoms with E-state index in [9.17, 15) is 0 Å². The molecular formula is C71H38BN3. The normalized spacial score (nSPS) is 13.0. The number of pyridine rings is 1. The van der Waals surface area contributed by atoms with Gasteiger partial charge in [-0.15, -0.1) is 0 Å². The Hall–Kier alpha value is -9.77. The summed E-state index contributed by atoms with van der Waals surface area (Å²) in [5.41, 5.74) is 13.6. The van der Waals surface area contributed by atoms with Crippen LogP contribution in [0.25, 0.3) is 163 Å². The molecule has 17 aromatic rings. The maximum atomic E-state index is 5.06. The van der Waals surface area contributed by atoms with Crippen LogP contribution in [0.4, 0.5) is 0 Å². The lowest BCUT2D eigenvalue weighted by Crippen LogP contribution is -2.59. The molecule has 0 unspecified atom stereocenters. The molecule has 0 atom stereocenters. The maximum Gasteiger partial charge on any atom is 0.252 e. The molecule has 0 amide bonds. The summed E-state index contributed by atoms with van der Waals surface area (Å²) in [6.45, 7) is -0.0965. The summed E-state index contributed by atoms with van der Waals surface area (Å²) >= 11 is 0. The molecule has 0 spiro atoms. The average Bonchev–Trinajstić information content (AvgIpc) is 4.13. The number of hydrogen-bond donors (Lipinski definition) is 0. The molecule has 0 fully saturated rings. The summed E-state index contributed by atoms with van der Waals surface area (Å²) in [4.78, 5) is 5.06. The van der Waals surface area contributed by atoms with Crippen molar-refractivity contribution in [3.8, 4) is 22.6 Å². The summed E-state index contributed by atoms with van der Waals surface area (Å²) < 4.78 is 5.35. The number of fused-ring (bicyclic) bond motifs is 31. The van der Waals surface area contributed by atoms with Crippen molar-refractivity contribution in [2.75, 3.05) is 0 Å². The molecule has 3 aromatic heterocycles. The second-order valence-electron chi connectivity index (χ2n) is 21.1. The van der Waals surface area contributed by atoms with Crippen molar-refractivity contribution >= 4 is 164 Å². The van der Waals surface area contributed by atoms with Crippen molar-refractivity contribution in [3.63, 3.8) is 0 Å². The van der Waals surface area contributed by atoms with Crippen LogP contribution in [-0.2, 0) is 0 Å². The Balaban J connectivity index is 1.09. The summed E-state index contributed by atoms with van der Waals surface area (Å²) in [5, 5.41) is 28.3. The van der Waals surface area contributed by atoms with E-state index >= 15 is 0 Å². The van der Waals surface area contributed by atoms with E-state index in [-0.39, 0.29) is 6.71 Å². The fraction of sp³-hybridized carbons (Fsp3) is 0. The molecule has 14 aromatic carbocycles. The number of benzene rings is 14. The van der Waals surface area contributed by atoms with Crippen molar-refractivity contribution in [2.24, 2.45) is 0 Å². The van der Waals surface area contributed by atoms with Gasteiger partial charge in [-0.25, -0.2) is 0 Å². The molecule has 0 radical (unpaired) electrons. The largest absolute Gasteiger partial charge is 0.310 e. The van der Waals surface area contributed by atoms with Gasteiger partial charge in [-0.2, -0.15) is 0 Å². The minimum Gasteiger partial charge on any atom is -0.310 e. The minimum absolute atomic E-state index is 0.0965. The van der Waals surface area contributed by atoms with Crippen LogP contribution in [0.1, 0.15) is 0 Å². The number of rotatable bonds is 1. The van der Waals surface area contributed by atoms with Gasteiger partial charge in [0.15, 0.2) is 0 Å². The topological polar surface area (TPSA) is 22.8 Å². The number of nitrogens with zero attached hydrogens (tertiary/aromatic N) is 3. The van der Waals surface area contributed by atoms with Crippen LogP contribution in [0.15, 0.2) is 231 Å². The fourth-order valence-electron chi connectivity index (χ4n) is 15.1. The van der Waals surface area contributed by atoms with Gasteiger partial charge in [0.1, 0.15) is 0 Å². The minimum atomic E-state index is -0.0965. The van der Waals surface area contributed by atoms with Gasteiger partial charge >= 0.3 is 0 Å². The van der Waals surface area contributed by atoms with Crippen molar-refractivity contribution in [3.05, 3.63) is 231 Å². The summed E-state index contributed by atoms with van der Waals surface area (Å²) in [6.07, 6.45) is 1.94. The van der Waals surface area contributed by atoms with E-state index in [1.165, 1.54) is 168 Å². The van der Waals surface area contributed by atoms with Crippen LogP contribution in [0, 0.1) is 0 Å². The van der Waals surface area contributed by atoms with E-state index in [1.54, 1.807) is 0 Å². The first-order chi connectivity index (χ1) is 37.3. The monoisotopic (exact) mass is 943 g/mol. The summed E-state index contributed by atoms with van der Waals surface area (Å²) in [5.74, 6) is 0. The highest BCUT2D eigenvalue weighted by molar-refractivity contribution is 7.00. The zero-order chi connectivity index (χ0) is 48.4. The van der Waals surface area contributed by atoms with Gasteiger partial charge in [0, 0.05) is 66.4 Å². The Kier molecular flexibility index (Phi) is 7.06. The van der Waals surface area contributed by atoms with Crippen molar-refractivity contribution in [1.82, 2.24) is 14.1 Å². The molecule has 75 heavy (non-hydrogen) atoms. The van der Waals surface area contributed by atoms with Gasteiger partial charge < -0.3 is 9.13 Å². The Morgan fingerprint density at radius 1 is 0.280 bits per heavy atom. The van der Waals surface area contributed by atoms with E-state index in [4.69, 9.17) is 4.98 Å². The lowest BCUT2D eigenvalue weighted by molar-refractivity contribution is 1.15. The highest BCUT2D eigenvalue weighted by Crippen LogP contribution is 2.50. The maximum absolute atomic E-state index is 5.06. The molecule has 5 heterocycles. The zero-order valence-electron chi connectivity index (χ0n) is 40.4. The van der Waals surface area contributed by atoms with Gasteiger partial charge in [0.2, 0.25) is 0 Å². The van der Waals surface area contributed by atoms with E-state index in [2.05, 4.69) is 228 Å². The third-order valence-electron chi connectivity index (χ3n) is 17.8. The second kappa shape index (κ2) is 13.6. The molecule has 3 nitrogen and oxygen atoms in total. The van der Waals surface area contributed by atoms with E-state index in [0.717, 1.165) is 11.3 Å². The van der Waals surface area contributed by atoms with E-state index in [1.807, 2.05) is 12.3 Å². The second-order valence-corrected chi connectivity index (χ2v) is 21.1.